The first-order valence-corrected chi connectivity index (χ1v) is 8.13. The van der Waals surface area contributed by atoms with E-state index in [0.29, 0.717) is 0 Å². The Balaban J connectivity index is 1.54. The molecular formula is C20H21NO2. The Hall–Kier alpha value is -2.42. The highest BCUT2D eigenvalue weighted by atomic mass is 16.2. The number of aryl methyl sites for hydroxylation is 3. The van der Waals surface area contributed by atoms with Gasteiger partial charge in [-0.15, -0.1) is 0 Å². The third-order valence-corrected chi connectivity index (χ3v) is 4.33. The number of rotatable bonds is 5. The molecule has 1 N–H and O–H groups in total. The fraction of sp³-hybridized carbons (Fsp3) is 0.300. The lowest BCUT2D eigenvalue weighted by molar-refractivity contribution is -0.116. The maximum Gasteiger partial charge on any atom is 0.224 e. The van der Waals surface area contributed by atoms with Crippen LogP contribution in [0.4, 0.5) is 5.69 Å². The number of benzene rings is 2. The van der Waals surface area contributed by atoms with Crippen molar-refractivity contribution < 1.29 is 9.59 Å². The Kier molecular flexibility index (Phi) is 4.56. The third-order valence-electron chi connectivity index (χ3n) is 4.33. The van der Waals surface area contributed by atoms with E-state index in [4.69, 9.17) is 0 Å². The summed E-state index contributed by atoms with van der Waals surface area (Å²) in [5, 5.41) is 2.83. The van der Waals surface area contributed by atoms with Crippen molar-refractivity contribution in [1.82, 2.24) is 0 Å². The molecule has 0 saturated heterocycles. The second kappa shape index (κ2) is 6.78. The van der Waals surface area contributed by atoms with E-state index in [1.165, 1.54) is 17.5 Å². The first-order valence-electron chi connectivity index (χ1n) is 8.13. The number of ketones is 1. The average Bonchev–Trinajstić information content (AvgIpc) is 3.02. The molecule has 0 radical (unpaired) electrons. The minimum absolute atomic E-state index is 0.0405. The lowest BCUT2D eigenvalue weighted by Crippen LogP contribution is -2.13. The van der Waals surface area contributed by atoms with Gasteiger partial charge in [-0.3, -0.25) is 9.59 Å². The van der Waals surface area contributed by atoms with Gasteiger partial charge in [-0.2, -0.15) is 0 Å². The van der Waals surface area contributed by atoms with Crippen LogP contribution in [0, 0.1) is 6.92 Å². The quantitative estimate of drug-likeness (QED) is 0.846. The Morgan fingerprint density at radius 1 is 0.957 bits per heavy atom. The molecule has 0 spiro atoms. The highest BCUT2D eigenvalue weighted by molar-refractivity contribution is 6.00. The summed E-state index contributed by atoms with van der Waals surface area (Å²) in [5.41, 5.74) is 5.30. The van der Waals surface area contributed by atoms with Gasteiger partial charge in [0.25, 0.3) is 0 Å². The highest BCUT2D eigenvalue weighted by Crippen LogP contribution is 2.23. The maximum absolute atomic E-state index is 12.3. The molecule has 0 unspecified atom stereocenters. The minimum atomic E-state index is -0.122. The smallest absolute Gasteiger partial charge is 0.224 e. The molecule has 3 nitrogen and oxygen atoms in total. The van der Waals surface area contributed by atoms with Gasteiger partial charge in [0.15, 0.2) is 5.78 Å². The maximum atomic E-state index is 12.3. The summed E-state index contributed by atoms with van der Waals surface area (Å²) < 4.78 is 0. The summed E-state index contributed by atoms with van der Waals surface area (Å²) in [7, 11) is 0. The molecule has 0 saturated carbocycles. The number of carbonyl (C=O) groups excluding carboxylic acids is 2. The Bertz CT molecular complexity index is 732. The first kappa shape index (κ1) is 15.5. The molecule has 1 aliphatic carbocycles. The molecule has 3 heteroatoms. The zero-order valence-electron chi connectivity index (χ0n) is 13.4. The van der Waals surface area contributed by atoms with Crippen LogP contribution in [-0.2, 0) is 17.6 Å². The first-order chi connectivity index (χ1) is 11.1. The molecule has 3 rings (SSSR count). The van der Waals surface area contributed by atoms with Gasteiger partial charge >= 0.3 is 0 Å². The number of hydrogen-bond donors (Lipinski definition) is 1. The molecular weight excluding hydrogens is 286 g/mol. The van der Waals surface area contributed by atoms with Gasteiger partial charge in [0, 0.05) is 24.1 Å². The summed E-state index contributed by atoms with van der Waals surface area (Å²) in [5.74, 6) is -0.0814. The van der Waals surface area contributed by atoms with Crippen molar-refractivity contribution in [2.75, 3.05) is 5.32 Å². The topological polar surface area (TPSA) is 46.2 Å². The number of hydrogen-bond acceptors (Lipinski definition) is 2. The van der Waals surface area contributed by atoms with Crippen LogP contribution in [0.1, 0.15) is 46.3 Å². The van der Waals surface area contributed by atoms with Gasteiger partial charge in [0.05, 0.1) is 0 Å². The molecule has 0 bridgehead atoms. The van der Waals surface area contributed by atoms with Gasteiger partial charge in [0.1, 0.15) is 0 Å². The van der Waals surface area contributed by atoms with Crippen LogP contribution in [-0.4, -0.2) is 11.7 Å². The minimum Gasteiger partial charge on any atom is -0.326 e. The van der Waals surface area contributed by atoms with Crippen molar-refractivity contribution in [2.45, 2.75) is 39.0 Å². The summed E-state index contributed by atoms with van der Waals surface area (Å²) in [6, 6.07) is 13.6. The van der Waals surface area contributed by atoms with Crippen molar-refractivity contribution in [3.05, 3.63) is 64.7 Å². The molecule has 2 aromatic carbocycles. The lowest BCUT2D eigenvalue weighted by atomic mass is 10.0. The van der Waals surface area contributed by atoms with E-state index in [1.54, 1.807) is 0 Å². The number of nitrogens with one attached hydrogen (secondary N) is 1. The van der Waals surface area contributed by atoms with E-state index in [1.807, 2.05) is 43.3 Å². The molecule has 0 aliphatic heterocycles. The molecule has 118 valence electrons. The highest BCUT2D eigenvalue weighted by Gasteiger charge is 2.15. The molecule has 2 aromatic rings. The Morgan fingerprint density at radius 3 is 2.48 bits per heavy atom. The van der Waals surface area contributed by atoms with Crippen LogP contribution in [0.2, 0.25) is 0 Å². The van der Waals surface area contributed by atoms with Crippen LogP contribution in [0.5, 0.6) is 0 Å². The second-order valence-electron chi connectivity index (χ2n) is 6.17. The number of Topliss-reactive ketones (excluding diaryl/α,β-unsaturated/α-hetero) is 1. The number of fused-ring (bicyclic) bond motifs is 1. The van der Waals surface area contributed by atoms with Crippen molar-refractivity contribution in [3.63, 3.8) is 0 Å². The van der Waals surface area contributed by atoms with Gasteiger partial charge in [-0.05, 0) is 55.5 Å². The molecule has 0 heterocycles. The lowest BCUT2D eigenvalue weighted by Gasteiger charge is -2.06. The van der Waals surface area contributed by atoms with Gasteiger partial charge in [-0.25, -0.2) is 0 Å². The normalized spacial score (nSPS) is 12.7. The largest absolute Gasteiger partial charge is 0.326 e. The van der Waals surface area contributed by atoms with E-state index in [2.05, 4.69) is 11.4 Å². The Morgan fingerprint density at radius 2 is 1.70 bits per heavy atom. The molecule has 23 heavy (non-hydrogen) atoms. The van der Waals surface area contributed by atoms with Crippen molar-refractivity contribution in [2.24, 2.45) is 0 Å². The average molecular weight is 307 g/mol. The molecule has 1 aliphatic rings. The fourth-order valence-corrected chi connectivity index (χ4v) is 2.98. The summed E-state index contributed by atoms with van der Waals surface area (Å²) in [6.07, 6.45) is 3.80. The standard InChI is InChI=1S/C20H21NO2/c1-14-5-9-18(10-6-14)21-20(23)12-11-19(22)17-8-7-15-3-2-4-16(15)13-17/h5-10,13H,2-4,11-12H2,1H3,(H,21,23). The van der Waals surface area contributed by atoms with E-state index in [-0.39, 0.29) is 24.5 Å². The molecule has 0 fully saturated rings. The predicted molar refractivity (Wildman–Crippen MR) is 91.8 cm³/mol. The van der Waals surface area contributed by atoms with E-state index >= 15 is 0 Å². The fourth-order valence-electron chi connectivity index (χ4n) is 2.98. The van der Waals surface area contributed by atoms with Crippen molar-refractivity contribution >= 4 is 17.4 Å². The van der Waals surface area contributed by atoms with Crippen molar-refractivity contribution in [3.8, 4) is 0 Å². The van der Waals surface area contributed by atoms with Crippen LogP contribution < -0.4 is 5.32 Å². The van der Waals surface area contributed by atoms with Gasteiger partial charge < -0.3 is 5.32 Å². The van der Waals surface area contributed by atoms with Crippen LogP contribution in [0.15, 0.2) is 42.5 Å². The summed E-state index contributed by atoms with van der Waals surface area (Å²) in [6.45, 7) is 2.00. The summed E-state index contributed by atoms with van der Waals surface area (Å²) in [4.78, 5) is 24.2. The van der Waals surface area contributed by atoms with E-state index < -0.39 is 0 Å². The number of amides is 1. The second-order valence-corrected chi connectivity index (χ2v) is 6.17. The van der Waals surface area contributed by atoms with Gasteiger partial charge in [0.2, 0.25) is 5.91 Å². The monoisotopic (exact) mass is 307 g/mol. The SMILES string of the molecule is Cc1ccc(NC(=O)CCC(=O)c2ccc3c(c2)CCC3)cc1. The van der Waals surface area contributed by atoms with E-state index in [9.17, 15) is 9.59 Å². The number of carbonyl (C=O) groups is 2. The zero-order chi connectivity index (χ0) is 16.2. The zero-order valence-corrected chi connectivity index (χ0v) is 13.4. The van der Waals surface area contributed by atoms with Crippen LogP contribution >= 0.6 is 0 Å². The molecule has 1 amide bonds. The molecule has 0 aromatic heterocycles. The number of anilines is 1. The van der Waals surface area contributed by atoms with Gasteiger partial charge in [-0.1, -0.05) is 29.8 Å². The third kappa shape index (κ3) is 3.86. The summed E-state index contributed by atoms with van der Waals surface area (Å²) >= 11 is 0. The Labute approximate surface area is 136 Å². The van der Waals surface area contributed by atoms with Crippen LogP contribution in [0.25, 0.3) is 0 Å². The van der Waals surface area contributed by atoms with Crippen molar-refractivity contribution in [1.29, 1.82) is 0 Å². The molecule has 0 atom stereocenters. The predicted octanol–water partition coefficient (Wildman–Crippen LogP) is 4.09. The van der Waals surface area contributed by atoms with E-state index in [0.717, 1.165) is 29.7 Å². The van der Waals surface area contributed by atoms with Crippen LogP contribution in [0.3, 0.4) is 0 Å².